The number of rotatable bonds is 7. The highest BCUT2D eigenvalue weighted by Crippen LogP contribution is 2.25. The van der Waals surface area contributed by atoms with Crippen molar-refractivity contribution in [2.24, 2.45) is 0 Å². The van der Waals surface area contributed by atoms with Crippen LogP contribution in [0.2, 0.25) is 0 Å². The van der Waals surface area contributed by atoms with Gasteiger partial charge in [-0.15, -0.1) is 0 Å². The molecule has 0 unspecified atom stereocenters. The van der Waals surface area contributed by atoms with Crippen LogP contribution in [-0.2, 0) is 14.8 Å². The van der Waals surface area contributed by atoms with Gasteiger partial charge in [-0.1, -0.05) is 12.8 Å². The van der Waals surface area contributed by atoms with Crippen LogP contribution in [0.3, 0.4) is 0 Å². The Morgan fingerprint density at radius 3 is 2.59 bits per heavy atom. The molecule has 0 heterocycles. The van der Waals surface area contributed by atoms with Gasteiger partial charge in [-0.05, 0) is 19.8 Å². The van der Waals surface area contributed by atoms with Crippen LogP contribution >= 0.6 is 0 Å². The topological polar surface area (TPSA) is 70.4 Å². The second-order valence-corrected chi connectivity index (χ2v) is 6.20. The molecule has 0 saturated heterocycles. The fourth-order valence-electron chi connectivity index (χ4n) is 2.14. The van der Waals surface area contributed by atoms with Gasteiger partial charge in [0.15, 0.2) is 0 Å². The SMILES string of the molecule is CCOCCS(=O)(=O)N(CC#N)C1CCCC1. The molecule has 0 aliphatic heterocycles. The summed E-state index contributed by atoms with van der Waals surface area (Å²) in [7, 11) is -3.35. The van der Waals surface area contributed by atoms with Gasteiger partial charge in [-0.25, -0.2) is 8.42 Å². The summed E-state index contributed by atoms with van der Waals surface area (Å²) in [6, 6.07) is 1.96. The molecule has 6 heteroatoms. The van der Waals surface area contributed by atoms with Crippen molar-refractivity contribution in [1.29, 1.82) is 5.26 Å². The highest BCUT2D eigenvalue weighted by atomic mass is 32.2. The first-order chi connectivity index (χ1) is 8.11. The zero-order valence-electron chi connectivity index (χ0n) is 10.3. The Morgan fingerprint density at radius 1 is 1.41 bits per heavy atom. The molecule has 98 valence electrons. The minimum absolute atomic E-state index is 0.0151. The molecule has 5 nitrogen and oxygen atoms in total. The number of ether oxygens (including phenoxy) is 1. The van der Waals surface area contributed by atoms with E-state index in [1.165, 1.54) is 4.31 Å². The summed E-state index contributed by atoms with van der Waals surface area (Å²) in [5.74, 6) is -0.0288. The molecule has 0 radical (unpaired) electrons. The van der Waals surface area contributed by atoms with E-state index in [1.807, 2.05) is 13.0 Å². The summed E-state index contributed by atoms with van der Waals surface area (Å²) in [6.45, 7) is 2.50. The lowest BCUT2D eigenvalue weighted by Crippen LogP contribution is -2.41. The Bertz CT molecular complexity index is 355. The molecule has 0 N–H and O–H groups in total. The molecule has 1 fully saturated rings. The second kappa shape index (κ2) is 6.94. The first kappa shape index (κ1) is 14.4. The summed E-state index contributed by atoms with van der Waals surface area (Å²) in [4.78, 5) is 0. The molecule has 17 heavy (non-hydrogen) atoms. The molecule has 0 aromatic rings. The monoisotopic (exact) mass is 260 g/mol. The normalized spacial score (nSPS) is 17.5. The molecular formula is C11H20N2O3S. The van der Waals surface area contributed by atoms with Crippen LogP contribution in [0, 0.1) is 11.3 Å². The highest BCUT2D eigenvalue weighted by Gasteiger charge is 2.31. The predicted octanol–water partition coefficient (Wildman–Crippen LogP) is 1.12. The fraction of sp³-hybridized carbons (Fsp3) is 0.909. The van der Waals surface area contributed by atoms with E-state index in [0.29, 0.717) is 6.61 Å². The second-order valence-electron chi connectivity index (χ2n) is 4.15. The fourth-order valence-corrected chi connectivity index (χ4v) is 3.62. The van der Waals surface area contributed by atoms with Crippen LogP contribution < -0.4 is 0 Å². The van der Waals surface area contributed by atoms with E-state index in [2.05, 4.69) is 0 Å². The number of hydrogen-bond acceptors (Lipinski definition) is 4. The Morgan fingerprint density at radius 2 is 2.06 bits per heavy atom. The van der Waals surface area contributed by atoms with Gasteiger partial charge in [0.05, 0.1) is 18.4 Å². The molecule has 1 saturated carbocycles. The first-order valence-corrected chi connectivity index (χ1v) is 7.67. The molecule has 0 spiro atoms. The smallest absolute Gasteiger partial charge is 0.217 e. The maximum atomic E-state index is 12.1. The van der Waals surface area contributed by atoms with Crippen molar-refractivity contribution in [3.8, 4) is 6.07 Å². The number of hydrogen-bond donors (Lipinski definition) is 0. The average molecular weight is 260 g/mol. The van der Waals surface area contributed by atoms with Gasteiger partial charge in [0.2, 0.25) is 10.0 Å². The third-order valence-corrected chi connectivity index (χ3v) is 4.83. The standard InChI is InChI=1S/C11H20N2O3S/c1-2-16-9-10-17(14,15)13(8-7-12)11-5-3-4-6-11/h11H,2-6,8-10H2,1H3. The van der Waals surface area contributed by atoms with Crippen LogP contribution in [0.15, 0.2) is 0 Å². The van der Waals surface area contributed by atoms with Crippen LogP contribution in [0.5, 0.6) is 0 Å². The lowest BCUT2D eigenvalue weighted by Gasteiger charge is -2.25. The van der Waals surface area contributed by atoms with Crippen molar-refractivity contribution in [2.45, 2.75) is 38.6 Å². The summed E-state index contributed by atoms with van der Waals surface area (Å²) in [6.07, 6.45) is 3.84. The Labute approximate surface area is 103 Å². The summed E-state index contributed by atoms with van der Waals surface area (Å²) in [5.41, 5.74) is 0. The Kier molecular flexibility index (Phi) is 5.89. The van der Waals surface area contributed by atoms with Gasteiger partial charge >= 0.3 is 0 Å². The van der Waals surface area contributed by atoms with Gasteiger partial charge in [0.1, 0.15) is 6.54 Å². The van der Waals surface area contributed by atoms with E-state index < -0.39 is 10.0 Å². The number of nitriles is 1. The van der Waals surface area contributed by atoms with Crippen molar-refractivity contribution in [2.75, 3.05) is 25.5 Å². The van der Waals surface area contributed by atoms with Crippen molar-refractivity contribution in [3.05, 3.63) is 0 Å². The maximum Gasteiger partial charge on any atom is 0.217 e. The minimum Gasteiger partial charge on any atom is -0.381 e. The zero-order chi connectivity index (χ0) is 12.7. The molecule has 0 atom stereocenters. The van der Waals surface area contributed by atoms with Crippen molar-refractivity contribution < 1.29 is 13.2 Å². The average Bonchev–Trinajstić information content (AvgIpc) is 2.79. The van der Waals surface area contributed by atoms with Crippen molar-refractivity contribution in [3.63, 3.8) is 0 Å². The lowest BCUT2D eigenvalue weighted by atomic mass is 10.2. The van der Waals surface area contributed by atoms with Crippen LogP contribution in [0.4, 0.5) is 0 Å². The zero-order valence-corrected chi connectivity index (χ0v) is 11.1. The third-order valence-electron chi connectivity index (χ3n) is 3.01. The van der Waals surface area contributed by atoms with Crippen LogP contribution in [0.1, 0.15) is 32.6 Å². The molecular weight excluding hydrogens is 240 g/mol. The molecule has 1 aliphatic rings. The van der Waals surface area contributed by atoms with E-state index in [4.69, 9.17) is 10.00 Å². The lowest BCUT2D eigenvalue weighted by molar-refractivity contribution is 0.162. The maximum absolute atomic E-state index is 12.1. The van der Waals surface area contributed by atoms with E-state index in [0.717, 1.165) is 25.7 Å². The summed E-state index contributed by atoms with van der Waals surface area (Å²) >= 11 is 0. The Balaban J connectivity index is 2.64. The molecule has 0 amide bonds. The van der Waals surface area contributed by atoms with Crippen molar-refractivity contribution in [1.82, 2.24) is 4.31 Å². The quantitative estimate of drug-likeness (QED) is 0.508. The first-order valence-electron chi connectivity index (χ1n) is 6.06. The highest BCUT2D eigenvalue weighted by molar-refractivity contribution is 7.89. The molecule has 1 rings (SSSR count). The summed E-state index contributed by atoms with van der Waals surface area (Å²) < 4.78 is 30.6. The van der Waals surface area contributed by atoms with Gasteiger partial charge in [-0.2, -0.15) is 9.57 Å². The number of nitrogens with zero attached hydrogens (tertiary/aromatic N) is 2. The molecule has 1 aliphatic carbocycles. The van der Waals surface area contributed by atoms with Gasteiger partial charge in [-0.3, -0.25) is 0 Å². The van der Waals surface area contributed by atoms with E-state index >= 15 is 0 Å². The largest absolute Gasteiger partial charge is 0.381 e. The van der Waals surface area contributed by atoms with E-state index in [1.54, 1.807) is 0 Å². The van der Waals surface area contributed by atoms with Gasteiger partial charge in [0, 0.05) is 12.6 Å². The van der Waals surface area contributed by atoms with E-state index in [-0.39, 0.29) is 24.9 Å². The van der Waals surface area contributed by atoms with Gasteiger partial charge < -0.3 is 4.74 Å². The molecule has 0 aromatic carbocycles. The Hall–Kier alpha value is -0.640. The number of sulfonamides is 1. The summed E-state index contributed by atoms with van der Waals surface area (Å²) in [5, 5.41) is 8.74. The molecule has 0 bridgehead atoms. The predicted molar refractivity (Wildman–Crippen MR) is 64.9 cm³/mol. The van der Waals surface area contributed by atoms with Crippen LogP contribution in [-0.4, -0.2) is 44.3 Å². The third kappa shape index (κ3) is 4.26. The van der Waals surface area contributed by atoms with Crippen molar-refractivity contribution >= 4 is 10.0 Å². The minimum atomic E-state index is -3.35. The van der Waals surface area contributed by atoms with Crippen LogP contribution in [0.25, 0.3) is 0 Å². The van der Waals surface area contributed by atoms with Gasteiger partial charge in [0.25, 0.3) is 0 Å². The van der Waals surface area contributed by atoms with E-state index in [9.17, 15) is 8.42 Å². The molecule has 0 aromatic heterocycles.